The smallest absolute Gasteiger partial charge is 0.248 e. The van der Waals surface area contributed by atoms with Crippen molar-refractivity contribution in [1.82, 2.24) is 34.6 Å². The standard InChI is InChI=1S/C21H27N7O3/c1-21(2,3)18(20(31)27-10-13(29)9-16(27)19(30)22-4)28-12-15(24-25-28)14-11-26-8-6-5-7-17(26)23-14/h5-8,11-13,16,18,29H,9-10H2,1-4H3,(H,22,30)/t13?,16?,18-/m1/s1. The minimum absolute atomic E-state index is 0.109. The van der Waals surface area contributed by atoms with Crippen LogP contribution in [0.2, 0.25) is 0 Å². The SMILES string of the molecule is CNC(=O)C1CC(O)CN1C(=O)[C@@H](n1cc(-c2cn3ccccc3n2)nn1)C(C)(C)C. The number of hydrogen-bond donors (Lipinski definition) is 2. The van der Waals surface area contributed by atoms with Crippen LogP contribution in [-0.4, -0.2) is 71.9 Å². The number of aromatic nitrogens is 5. The number of carbonyl (C=O) groups excluding carboxylic acids is 2. The van der Waals surface area contributed by atoms with Gasteiger partial charge in [0.1, 0.15) is 29.1 Å². The third-order valence-electron chi connectivity index (χ3n) is 5.57. The highest BCUT2D eigenvalue weighted by molar-refractivity contribution is 5.90. The zero-order valence-corrected chi connectivity index (χ0v) is 18.1. The number of fused-ring (bicyclic) bond motifs is 1. The molecule has 1 aliphatic heterocycles. The van der Waals surface area contributed by atoms with E-state index >= 15 is 0 Å². The Kier molecular flexibility index (Phi) is 5.26. The van der Waals surface area contributed by atoms with Crippen LogP contribution in [0.5, 0.6) is 0 Å². The molecule has 31 heavy (non-hydrogen) atoms. The predicted octanol–water partition coefficient (Wildman–Crippen LogP) is 0.888. The molecule has 2 amide bonds. The molecule has 4 heterocycles. The van der Waals surface area contributed by atoms with Crippen molar-refractivity contribution in [2.24, 2.45) is 5.41 Å². The Bertz CT molecular complexity index is 1080. The van der Waals surface area contributed by atoms with E-state index in [1.165, 1.54) is 16.6 Å². The van der Waals surface area contributed by atoms with Crippen LogP contribution in [0.3, 0.4) is 0 Å². The second-order valence-corrected chi connectivity index (χ2v) is 8.95. The van der Waals surface area contributed by atoms with Crippen LogP contribution in [-0.2, 0) is 9.59 Å². The van der Waals surface area contributed by atoms with Gasteiger partial charge in [0.15, 0.2) is 0 Å². The summed E-state index contributed by atoms with van der Waals surface area (Å²) in [4.78, 5) is 31.9. The number of nitrogens with one attached hydrogen (secondary N) is 1. The maximum atomic E-state index is 13.6. The first-order valence-corrected chi connectivity index (χ1v) is 10.2. The first-order chi connectivity index (χ1) is 14.7. The topological polar surface area (TPSA) is 118 Å². The summed E-state index contributed by atoms with van der Waals surface area (Å²) in [6, 6.07) is 4.30. The maximum absolute atomic E-state index is 13.6. The van der Waals surface area contributed by atoms with Crippen molar-refractivity contribution in [3.63, 3.8) is 0 Å². The normalized spacial score (nSPS) is 20.2. The minimum Gasteiger partial charge on any atom is -0.391 e. The molecule has 3 atom stereocenters. The van der Waals surface area contributed by atoms with Crippen molar-refractivity contribution in [3.05, 3.63) is 36.8 Å². The van der Waals surface area contributed by atoms with Crippen molar-refractivity contribution in [2.75, 3.05) is 13.6 Å². The largest absolute Gasteiger partial charge is 0.391 e. The van der Waals surface area contributed by atoms with E-state index in [1.807, 2.05) is 55.8 Å². The third-order valence-corrected chi connectivity index (χ3v) is 5.57. The van der Waals surface area contributed by atoms with Crippen molar-refractivity contribution >= 4 is 17.5 Å². The van der Waals surface area contributed by atoms with Gasteiger partial charge < -0.3 is 19.7 Å². The third kappa shape index (κ3) is 3.90. The summed E-state index contributed by atoms with van der Waals surface area (Å²) in [6.07, 6.45) is 4.94. The Labute approximate surface area is 179 Å². The van der Waals surface area contributed by atoms with Crippen LogP contribution in [0.1, 0.15) is 33.2 Å². The molecule has 10 nitrogen and oxygen atoms in total. The van der Waals surface area contributed by atoms with E-state index in [9.17, 15) is 14.7 Å². The highest BCUT2D eigenvalue weighted by atomic mass is 16.3. The van der Waals surface area contributed by atoms with Gasteiger partial charge in [-0.3, -0.25) is 9.59 Å². The molecule has 1 fully saturated rings. The van der Waals surface area contributed by atoms with Gasteiger partial charge in [-0.05, 0) is 17.5 Å². The fraction of sp³-hybridized carbons (Fsp3) is 0.476. The van der Waals surface area contributed by atoms with Crippen LogP contribution in [0.15, 0.2) is 36.8 Å². The summed E-state index contributed by atoms with van der Waals surface area (Å²) < 4.78 is 3.42. The molecule has 0 radical (unpaired) electrons. The van der Waals surface area contributed by atoms with Gasteiger partial charge >= 0.3 is 0 Å². The highest BCUT2D eigenvalue weighted by Gasteiger charge is 2.45. The van der Waals surface area contributed by atoms with Gasteiger partial charge in [-0.25, -0.2) is 9.67 Å². The van der Waals surface area contributed by atoms with E-state index < -0.39 is 23.6 Å². The summed E-state index contributed by atoms with van der Waals surface area (Å²) in [5, 5.41) is 21.2. The lowest BCUT2D eigenvalue weighted by atomic mass is 9.85. The quantitative estimate of drug-likeness (QED) is 0.641. The van der Waals surface area contributed by atoms with Gasteiger partial charge in [0.2, 0.25) is 11.8 Å². The number of nitrogens with zero attached hydrogens (tertiary/aromatic N) is 6. The lowest BCUT2D eigenvalue weighted by Gasteiger charge is -2.34. The summed E-state index contributed by atoms with van der Waals surface area (Å²) in [7, 11) is 1.52. The molecule has 3 aromatic heterocycles. The fourth-order valence-corrected chi connectivity index (χ4v) is 4.09. The van der Waals surface area contributed by atoms with Gasteiger partial charge in [0, 0.05) is 32.4 Å². The van der Waals surface area contributed by atoms with Crippen molar-refractivity contribution in [3.8, 4) is 11.4 Å². The van der Waals surface area contributed by atoms with Crippen molar-refractivity contribution in [1.29, 1.82) is 0 Å². The second kappa shape index (κ2) is 7.77. The minimum atomic E-state index is -0.740. The molecular weight excluding hydrogens is 398 g/mol. The van der Waals surface area contributed by atoms with Crippen molar-refractivity contribution in [2.45, 2.75) is 45.4 Å². The Morgan fingerprint density at radius 1 is 1.23 bits per heavy atom. The Morgan fingerprint density at radius 3 is 2.68 bits per heavy atom. The molecule has 0 spiro atoms. The highest BCUT2D eigenvalue weighted by Crippen LogP contribution is 2.34. The molecule has 2 unspecified atom stereocenters. The average molecular weight is 425 g/mol. The van der Waals surface area contributed by atoms with Crippen molar-refractivity contribution < 1.29 is 14.7 Å². The summed E-state index contributed by atoms with van der Waals surface area (Å²) in [6.45, 7) is 5.91. The number of amides is 2. The van der Waals surface area contributed by atoms with E-state index in [-0.39, 0.29) is 24.8 Å². The van der Waals surface area contributed by atoms with Gasteiger partial charge in [-0.1, -0.05) is 32.1 Å². The zero-order valence-electron chi connectivity index (χ0n) is 18.1. The van der Waals surface area contributed by atoms with Crippen LogP contribution in [0, 0.1) is 5.41 Å². The van der Waals surface area contributed by atoms with E-state index in [2.05, 4.69) is 20.6 Å². The first-order valence-electron chi connectivity index (χ1n) is 10.2. The molecule has 3 aromatic rings. The Hall–Kier alpha value is -3.27. The Balaban J connectivity index is 1.67. The molecule has 0 bridgehead atoms. The van der Waals surface area contributed by atoms with Crippen LogP contribution < -0.4 is 5.32 Å². The van der Waals surface area contributed by atoms with Gasteiger partial charge in [-0.15, -0.1) is 5.10 Å². The van der Waals surface area contributed by atoms with Gasteiger partial charge in [-0.2, -0.15) is 0 Å². The number of aliphatic hydroxyl groups is 1. The molecule has 0 aliphatic carbocycles. The van der Waals surface area contributed by atoms with E-state index in [4.69, 9.17) is 0 Å². The number of pyridine rings is 1. The molecule has 164 valence electrons. The number of hydrogen-bond acceptors (Lipinski definition) is 6. The number of β-amino-alcohol motifs (C(OH)–C–C–N with tert-alkyl or cyclic N) is 1. The Morgan fingerprint density at radius 2 is 2.00 bits per heavy atom. The van der Waals surface area contributed by atoms with Crippen LogP contribution in [0.4, 0.5) is 0 Å². The van der Waals surface area contributed by atoms with E-state index in [1.54, 1.807) is 6.20 Å². The summed E-state index contributed by atoms with van der Waals surface area (Å²) in [5.41, 5.74) is 1.48. The number of rotatable bonds is 4. The number of aliphatic hydroxyl groups excluding tert-OH is 1. The van der Waals surface area contributed by atoms with Crippen LogP contribution >= 0.6 is 0 Å². The molecule has 0 aromatic carbocycles. The predicted molar refractivity (Wildman–Crippen MR) is 113 cm³/mol. The molecule has 0 saturated carbocycles. The summed E-state index contributed by atoms with van der Waals surface area (Å²) >= 11 is 0. The molecule has 1 aliphatic rings. The van der Waals surface area contributed by atoms with E-state index in [0.717, 1.165) is 5.65 Å². The maximum Gasteiger partial charge on any atom is 0.248 e. The molecule has 2 N–H and O–H groups in total. The number of likely N-dealkylation sites (tertiary alicyclic amines) is 1. The summed E-state index contributed by atoms with van der Waals surface area (Å²) in [5.74, 6) is -0.564. The molecule has 4 rings (SSSR count). The molecule has 1 saturated heterocycles. The molecular formula is C21H27N7O3. The first kappa shape index (κ1) is 21.0. The lowest BCUT2D eigenvalue weighted by molar-refractivity contribution is -0.144. The lowest BCUT2D eigenvalue weighted by Crippen LogP contribution is -2.49. The number of carbonyl (C=O) groups is 2. The van der Waals surface area contributed by atoms with Gasteiger partial charge in [0.05, 0.1) is 12.3 Å². The van der Waals surface area contributed by atoms with Crippen LogP contribution in [0.25, 0.3) is 17.0 Å². The average Bonchev–Trinajstić information content (AvgIpc) is 3.43. The zero-order chi connectivity index (χ0) is 22.3. The van der Waals surface area contributed by atoms with Gasteiger partial charge in [0.25, 0.3) is 0 Å². The fourth-order valence-electron chi connectivity index (χ4n) is 4.09. The van der Waals surface area contributed by atoms with E-state index in [0.29, 0.717) is 11.4 Å². The number of likely N-dealkylation sites (N-methyl/N-ethyl adjacent to an activating group) is 1. The monoisotopic (exact) mass is 425 g/mol. The second-order valence-electron chi connectivity index (χ2n) is 8.95. The molecule has 10 heteroatoms. The number of imidazole rings is 1.